The van der Waals surface area contributed by atoms with Gasteiger partial charge < -0.3 is 19.3 Å². The number of amides is 1. The van der Waals surface area contributed by atoms with E-state index in [9.17, 15) is 14.7 Å². The zero-order valence-corrected chi connectivity index (χ0v) is 15.9. The van der Waals surface area contributed by atoms with Gasteiger partial charge in [-0.05, 0) is 57.6 Å². The van der Waals surface area contributed by atoms with Crippen LogP contribution in [0.1, 0.15) is 33.7 Å². The second-order valence-corrected chi connectivity index (χ2v) is 7.52. The van der Waals surface area contributed by atoms with E-state index in [0.29, 0.717) is 22.9 Å². The molecule has 1 atom stereocenters. The monoisotopic (exact) mass is 374 g/mol. The third-order valence-corrected chi connectivity index (χ3v) is 5.20. The van der Waals surface area contributed by atoms with Crippen LogP contribution in [-0.4, -0.2) is 53.8 Å². The van der Waals surface area contributed by atoms with Gasteiger partial charge in [-0.25, -0.2) is 0 Å². The summed E-state index contributed by atoms with van der Waals surface area (Å²) >= 11 is 1.28. The molecule has 1 aliphatic rings. The minimum Gasteiger partial charge on any atom is -0.503 e. The van der Waals surface area contributed by atoms with E-state index < -0.39 is 17.7 Å². The van der Waals surface area contributed by atoms with Crippen LogP contribution in [0.5, 0.6) is 0 Å². The molecule has 0 bridgehead atoms. The largest absolute Gasteiger partial charge is 0.503 e. The Morgan fingerprint density at radius 2 is 2.12 bits per heavy atom. The number of carbonyl (C=O) groups excluding carboxylic acids is 2. The summed E-state index contributed by atoms with van der Waals surface area (Å²) in [6.45, 7) is 3.02. The molecule has 26 heavy (non-hydrogen) atoms. The molecule has 0 aliphatic carbocycles. The third-order valence-electron chi connectivity index (χ3n) is 4.33. The van der Waals surface area contributed by atoms with E-state index in [1.54, 1.807) is 36.6 Å². The number of hydrogen-bond donors (Lipinski definition) is 1. The number of ketones is 1. The number of furan rings is 1. The maximum absolute atomic E-state index is 12.9. The molecule has 0 fully saturated rings. The normalized spacial score (nSPS) is 17.6. The predicted molar refractivity (Wildman–Crippen MR) is 99.4 cm³/mol. The lowest BCUT2D eigenvalue weighted by Gasteiger charge is -2.25. The molecule has 1 N–H and O–H groups in total. The number of thiophene rings is 1. The average molecular weight is 374 g/mol. The van der Waals surface area contributed by atoms with Crippen LogP contribution in [0, 0.1) is 6.92 Å². The smallest absolute Gasteiger partial charge is 0.290 e. The molecule has 3 rings (SSSR count). The second-order valence-electron chi connectivity index (χ2n) is 6.58. The van der Waals surface area contributed by atoms with Gasteiger partial charge in [-0.3, -0.25) is 9.59 Å². The van der Waals surface area contributed by atoms with Gasteiger partial charge >= 0.3 is 0 Å². The van der Waals surface area contributed by atoms with Crippen LogP contribution in [-0.2, 0) is 4.79 Å². The molecular formula is C19H22N2O4S. The summed E-state index contributed by atoms with van der Waals surface area (Å²) in [5, 5.41) is 12.3. The summed E-state index contributed by atoms with van der Waals surface area (Å²) < 4.78 is 5.72. The zero-order chi connectivity index (χ0) is 18.8. The fourth-order valence-corrected chi connectivity index (χ4v) is 3.79. The fourth-order valence-electron chi connectivity index (χ4n) is 3.11. The van der Waals surface area contributed by atoms with Crippen molar-refractivity contribution in [1.82, 2.24) is 9.80 Å². The van der Waals surface area contributed by atoms with Gasteiger partial charge in [0.15, 0.2) is 5.76 Å². The fraction of sp³-hybridized carbons (Fsp3) is 0.368. The highest BCUT2D eigenvalue weighted by Gasteiger charge is 2.45. The van der Waals surface area contributed by atoms with Gasteiger partial charge in [-0.1, -0.05) is 6.07 Å². The third kappa shape index (κ3) is 3.45. The van der Waals surface area contributed by atoms with Crippen molar-refractivity contribution in [3.63, 3.8) is 0 Å². The second kappa shape index (κ2) is 7.47. The van der Waals surface area contributed by atoms with Crippen molar-refractivity contribution in [2.24, 2.45) is 0 Å². The van der Waals surface area contributed by atoms with E-state index in [0.717, 1.165) is 13.0 Å². The quantitative estimate of drug-likeness (QED) is 0.754. The molecule has 0 unspecified atom stereocenters. The summed E-state index contributed by atoms with van der Waals surface area (Å²) in [4.78, 5) is 29.7. The molecule has 0 radical (unpaired) electrons. The van der Waals surface area contributed by atoms with Crippen molar-refractivity contribution in [3.05, 3.63) is 57.4 Å². The number of aryl methyl sites for hydroxylation is 1. The lowest BCUT2D eigenvalue weighted by Crippen LogP contribution is -2.33. The van der Waals surface area contributed by atoms with Crippen molar-refractivity contribution in [1.29, 1.82) is 0 Å². The topological polar surface area (TPSA) is 74.0 Å². The Kier molecular flexibility index (Phi) is 5.29. The summed E-state index contributed by atoms with van der Waals surface area (Å²) in [5.74, 6) is -0.158. The Bertz CT molecular complexity index is 836. The van der Waals surface area contributed by atoms with Crippen LogP contribution in [0.2, 0.25) is 0 Å². The average Bonchev–Trinajstić information content (AvgIpc) is 3.30. The van der Waals surface area contributed by atoms with Crippen LogP contribution in [0.15, 0.2) is 45.4 Å². The van der Waals surface area contributed by atoms with Crippen LogP contribution in [0.25, 0.3) is 0 Å². The molecule has 0 saturated heterocycles. The van der Waals surface area contributed by atoms with Gasteiger partial charge in [0.1, 0.15) is 17.6 Å². The van der Waals surface area contributed by atoms with Crippen molar-refractivity contribution in [3.8, 4) is 0 Å². The number of Topliss-reactive ketones (excluding diaryl/α,β-unsaturated/α-hetero) is 1. The Balaban J connectivity index is 1.97. The molecule has 0 aromatic carbocycles. The first-order valence-electron chi connectivity index (χ1n) is 8.43. The Morgan fingerprint density at radius 3 is 2.69 bits per heavy atom. The van der Waals surface area contributed by atoms with Gasteiger partial charge in [0.2, 0.25) is 5.78 Å². The van der Waals surface area contributed by atoms with Gasteiger partial charge in [0, 0.05) is 6.54 Å². The molecule has 3 heterocycles. The van der Waals surface area contributed by atoms with E-state index in [1.165, 1.54) is 16.2 Å². The minimum atomic E-state index is -0.701. The molecule has 6 nitrogen and oxygen atoms in total. The number of nitrogens with zero attached hydrogens (tertiary/aromatic N) is 2. The predicted octanol–water partition coefficient (Wildman–Crippen LogP) is 3.18. The first-order valence-corrected chi connectivity index (χ1v) is 9.31. The van der Waals surface area contributed by atoms with Crippen molar-refractivity contribution in [2.75, 3.05) is 27.2 Å². The van der Waals surface area contributed by atoms with Crippen LogP contribution < -0.4 is 0 Å². The van der Waals surface area contributed by atoms with Crippen LogP contribution in [0.4, 0.5) is 0 Å². The lowest BCUT2D eigenvalue weighted by molar-refractivity contribution is -0.129. The zero-order valence-electron chi connectivity index (χ0n) is 15.1. The van der Waals surface area contributed by atoms with Gasteiger partial charge in [0.05, 0.1) is 10.5 Å². The van der Waals surface area contributed by atoms with E-state index in [4.69, 9.17) is 4.42 Å². The van der Waals surface area contributed by atoms with E-state index in [2.05, 4.69) is 0 Å². The van der Waals surface area contributed by atoms with E-state index in [-0.39, 0.29) is 11.4 Å². The number of hydrogen-bond acceptors (Lipinski definition) is 6. The first-order chi connectivity index (χ1) is 12.4. The molecular weight excluding hydrogens is 352 g/mol. The molecule has 0 spiro atoms. The highest BCUT2D eigenvalue weighted by atomic mass is 32.1. The van der Waals surface area contributed by atoms with Gasteiger partial charge in [0.25, 0.3) is 5.91 Å². The maximum atomic E-state index is 12.9. The molecule has 138 valence electrons. The molecule has 0 saturated carbocycles. The molecule has 7 heteroatoms. The van der Waals surface area contributed by atoms with E-state index >= 15 is 0 Å². The van der Waals surface area contributed by atoms with Gasteiger partial charge in [-0.15, -0.1) is 11.3 Å². The highest BCUT2D eigenvalue weighted by Crippen LogP contribution is 2.40. The highest BCUT2D eigenvalue weighted by molar-refractivity contribution is 7.12. The molecule has 1 aliphatic heterocycles. The number of aliphatic hydroxyl groups excluding tert-OH is 1. The van der Waals surface area contributed by atoms with Crippen molar-refractivity contribution in [2.45, 2.75) is 19.4 Å². The maximum Gasteiger partial charge on any atom is 0.290 e. The Hall–Kier alpha value is -2.38. The first kappa shape index (κ1) is 18.4. The number of rotatable bonds is 7. The SMILES string of the molecule is Cc1ccc([C@H]2C(C(=O)c3cccs3)=C(O)C(=O)N2CCCN(C)C)o1. The lowest BCUT2D eigenvalue weighted by atomic mass is 10.00. The Labute approximate surface area is 156 Å². The number of carbonyl (C=O) groups is 2. The molecule has 1 amide bonds. The standard InChI is InChI=1S/C19H22N2O4S/c1-12-7-8-13(25-12)16-15(17(22)14-6-4-11-26-14)18(23)19(24)21(16)10-5-9-20(2)3/h4,6-8,11,16,23H,5,9-10H2,1-3H3/t16-/m0/s1. The van der Waals surface area contributed by atoms with Crippen molar-refractivity contribution >= 4 is 23.0 Å². The molecule has 2 aromatic rings. The molecule has 2 aromatic heterocycles. The van der Waals surface area contributed by atoms with E-state index in [1.807, 2.05) is 19.0 Å². The van der Waals surface area contributed by atoms with Crippen molar-refractivity contribution < 1.29 is 19.1 Å². The van der Waals surface area contributed by atoms with Crippen LogP contribution >= 0.6 is 11.3 Å². The summed E-state index contributed by atoms with van der Waals surface area (Å²) in [5.41, 5.74) is 0.0941. The van der Waals surface area contributed by atoms with Gasteiger partial charge in [-0.2, -0.15) is 0 Å². The van der Waals surface area contributed by atoms with Crippen LogP contribution in [0.3, 0.4) is 0 Å². The minimum absolute atomic E-state index is 0.0941. The number of aliphatic hydroxyl groups is 1. The summed E-state index contributed by atoms with van der Waals surface area (Å²) in [6.07, 6.45) is 0.725. The summed E-state index contributed by atoms with van der Waals surface area (Å²) in [7, 11) is 3.92. The Morgan fingerprint density at radius 1 is 1.35 bits per heavy atom. The summed E-state index contributed by atoms with van der Waals surface area (Å²) in [6, 6.07) is 6.31.